The van der Waals surface area contributed by atoms with Crippen molar-refractivity contribution in [3.8, 4) is 0 Å². The molecule has 0 fully saturated rings. The maximum Gasteiger partial charge on any atom is 0.261 e. The van der Waals surface area contributed by atoms with E-state index in [0.29, 0.717) is 24.1 Å². The van der Waals surface area contributed by atoms with Crippen molar-refractivity contribution >= 4 is 33.4 Å². The number of aromatic nitrogens is 1. The molecule has 1 aromatic heterocycles. The van der Waals surface area contributed by atoms with Crippen molar-refractivity contribution in [2.24, 2.45) is 0 Å². The first-order valence-electron chi connectivity index (χ1n) is 7.04. The Morgan fingerprint density at radius 3 is 2.23 bits per heavy atom. The summed E-state index contributed by atoms with van der Waals surface area (Å²) >= 11 is 1.61. The quantitative estimate of drug-likeness (QED) is 0.698. The van der Waals surface area contributed by atoms with Gasteiger partial charge in [-0.25, -0.2) is 4.98 Å². The Kier molecular flexibility index (Phi) is 3.01. The summed E-state index contributed by atoms with van der Waals surface area (Å²) in [5.41, 5.74) is 1.96. The van der Waals surface area contributed by atoms with Crippen molar-refractivity contribution < 1.29 is 9.59 Å². The molecular weight excluding hydrogens is 296 g/mol. The summed E-state index contributed by atoms with van der Waals surface area (Å²) in [4.78, 5) is 30.4. The summed E-state index contributed by atoms with van der Waals surface area (Å²) in [6.45, 7) is 0.367. The first-order valence-corrected chi connectivity index (χ1v) is 7.85. The lowest BCUT2D eigenvalue weighted by Crippen LogP contribution is -2.31. The fourth-order valence-electron chi connectivity index (χ4n) is 2.68. The molecule has 2 heterocycles. The number of hydrogen-bond acceptors (Lipinski definition) is 4. The zero-order valence-corrected chi connectivity index (χ0v) is 12.5. The van der Waals surface area contributed by atoms with Gasteiger partial charge >= 0.3 is 0 Å². The zero-order chi connectivity index (χ0) is 15.1. The average molecular weight is 308 g/mol. The van der Waals surface area contributed by atoms with E-state index in [1.165, 1.54) is 4.90 Å². The Balaban J connectivity index is 1.55. The largest absolute Gasteiger partial charge is 0.274 e. The zero-order valence-electron chi connectivity index (χ0n) is 11.7. The normalized spacial score (nSPS) is 13.9. The minimum Gasteiger partial charge on any atom is -0.274 e. The second-order valence-electron chi connectivity index (χ2n) is 5.13. The first-order chi connectivity index (χ1) is 10.7. The van der Waals surface area contributed by atoms with Crippen LogP contribution in [0.4, 0.5) is 0 Å². The van der Waals surface area contributed by atoms with Gasteiger partial charge in [0.25, 0.3) is 11.8 Å². The second-order valence-corrected chi connectivity index (χ2v) is 6.25. The van der Waals surface area contributed by atoms with E-state index >= 15 is 0 Å². The molecule has 0 aliphatic carbocycles. The lowest BCUT2D eigenvalue weighted by atomic mass is 10.1. The van der Waals surface area contributed by atoms with Gasteiger partial charge < -0.3 is 0 Å². The minimum absolute atomic E-state index is 0.207. The van der Waals surface area contributed by atoms with Gasteiger partial charge in [0.15, 0.2) is 0 Å². The van der Waals surface area contributed by atoms with Crippen LogP contribution in [0.15, 0.2) is 48.5 Å². The van der Waals surface area contributed by atoms with Gasteiger partial charge in [0.05, 0.1) is 26.4 Å². The summed E-state index contributed by atoms with van der Waals surface area (Å²) < 4.78 is 1.12. The molecule has 22 heavy (non-hydrogen) atoms. The molecule has 0 atom stereocenters. The van der Waals surface area contributed by atoms with Crippen LogP contribution in [0.1, 0.15) is 25.7 Å². The highest BCUT2D eigenvalue weighted by Gasteiger charge is 2.34. The molecule has 4 rings (SSSR count). The molecule has 1 aliphatic heterocycles. The Morgan fingerprint density at radius 1 is 0.909 bits per heavy atom. The van der Waals surface area contributed by atoms with Crippen molar-refractivity contribution in [2.45, 2.75) is 6.42 Å². The molecule has 0 N–H and O–H groups in total. The molecule has 5 heteroatoms. The lowest BCUT2D eigenvalue weighted by molar-refractivity contribution is 0.0656. The highest BCUT2D eigenvalue weighted by molar-refractivity contribution is 7.18. The van der Waals surface area contributed by atoms with Crippen molar-refractivity contribution in [3.63, 3.8) is 0 Å². The molecule has 0 bridgehead atoms. The molecule has 4 nitrogen and oxygen atoms in total. The van der Waals surface area contributed by atoms with Gasteiger partial charge in [-0.1, -0.05) is 24.3 Å². The van der Waals surface area contributed by atoms with Crippen LogP contribution in [0.3, 0.4) is 0 Å². The average Bonchev–Trinajstić information content (AvgIpc) is 3.06. The maximum atomic E-state index is 12.3. The van der Waals surface area contributed by atoms with Gasteiger partial charge in [0, 0.05) is 13.0 Å². The van der Waals surface area contributed by atoms with Crippen LogP contribution >= 0.6 is 11.3 Å². The van der Waals surface area contributed by atoms with E-state index in [9.17, 15) is 9.59 Å². The molecule has 2 amide bonds. The van der Waals surface area contributed by atoms with Crippen LogP contribution in [0, 0.1) is 0 Å². The molecule has 0 spiro atoms. The Hall–Kier alpha value is -2.53. The van der Waals surface area contributed by atoms with Gasteiger partial charge in [-0.05, 0) is 24.3 Å². The third kappa shape index (κ3) is 2.02. The third-order valence-electron chi connectivity index (χ3n) is 3.77. The lowest BCUT2D eigenvalue weighted by Gasteiger charge is -2.12. The molecular formula is C17H12N2O2S. The van der Waals surface area contributed by atoms with Crippen molar-refractivity contribution in [3.05, 3.63) is 64.7 Å². The number of benzene rings is 2. The number of nitrogens with zero attached hydrogens (tertiary/aromatic N) is 2. The van der Waals surface area contributed by atoms with E-state index in [2.05, 4.69) is 4.98 Å². The highest BCUT2D eigenvalue weighted by atomic mass is 32.1. The van der Waals surface area contributed by atoms with E-state index in [0.717, 1.165) is 15.2 Å². The highest BCUT2D eigenvalue weighted by Crippen LogP contribution is 2.25. The van der Waals surface area contributed by atoms with Gasteiger partial charge in [-0.3, -0.25) is 14.5 Å². The van der Waals surface area contributed by atoms with Gasteiger partial charge in [-0.15, -0.1) is 11.3 Å². The Bertz CT molecular complexity index is 832. The number of thiazole rings is 1. The van der Waals surface area contributed by atoms with Gasteiger partial charge in [0.1, 0.15) is 0 Å². The Labute approximate surface area is 131 Å². The number of fused-ring (bicyclic) bond motifs is 2. The third-order valence-corrected chi connectivity index (χ3v) is 4.86. The van der Waals surface area contributed by atoms with Crippen molar-refractivity contribution in [1.82, 2.24) is 9.88 Å². The van der Waals surface area contributed by atoms with E-state index in [4.69, 9.17) is 0 Å². The number of carbonyl (C=O) groups is 2. The SMILES string of the molecule is O=C1c2ccccc2C(=O)N1CCc1nc2ccccc2s1. The summed E-state index contributed by atoms with van der Waals surface area (Å²) in [5.74, 6) is -0.413. The van der Waals surface area contributed by atoms with E-state index in [1.807, 2.05) is 24.3 Å². The second kappa shape index (κ2) is 5.03. The smallest absolute Gasteiger partial charge is 0.261 e. The van der Waals surface area contributed by atoms with Crippen LogP contribution in [0.2, 0.25) is 0 Å². The van der Waals surface area contributed by atoms with E-state index in [1.54, 1.807) is 35.6 Å². The fraction of sp³-hybridized carbons (Fsp3) is 0.118. The summed E-state index contributed by atoms with van der Waals surface area (Å²) in [6.07, 6.45) is 0.588. The molecule has 0 radical (unpaired) electrons. The van der Waals surface area contributed by atoms with Crippen LogP contribution in [-0.2, 0) is 6.42 Å². The van der Waals surface area contributed by atoms with Crippen molar-refractivity contribution in [2.75, 3.05) is 6.54 Å². The van der Waals surface area contributed by atoms with Gasteiger partial charge in [-0.2, -0.15) is 0 Å². The number of carbonyl (C=O) groups excluding carboxylic acids is 2. The molecule has 0 unspecified atom stereocenters. The molecule has 2 aromatic carbocycles. The molecule has 3 aromatic rings. The topological polar surface area (TPSA) is 50.3 Å². The predicted octanol–water partition coefficient (Wildman–Crippen LogP) is 3.14. The number of imide groups is 1. The maximum absolute atomic E-state index is 12.3. The number of hydrogen-bond donors (Lipinski definition) is 0. The first kappa shape index (κ1) is 13.2. The van der Waals surface area contributed by atoms with Crippen LogP contribution in [0.25, 0.3) is 10.2 Å². The Morgan fingerprint density at radius 2 is 1.55 bits per heavy atom. The van der Waals surface area contributed by atoms with Crippen molar-refractivity contribution in [1.29, 1.82) is 0 Å². The summed E-state index contributed by atoms with van der Waals surface area (Å²) in [7, 11) is 0. The van der Waals surface area contributed by atoms with Crippen LogP contribution < -0.4 is 0 Å². The predicted molar refractivity (Wildman–Crippen MR) is 85.1 cm³/mol. The van der Waals surface area contributed by atoms with E-state index in [-0.39, 0.29) is 11.8 Å². The summed E-state index contributed by atoms with van der Waals surface area (Å²) in [5, 5.41) is 0.942. The molecule has 108 valence electrons. The number of para-hydroxylation sites is 1. The van der Waals surface area contributed by atoms with Crippen LogP contribution in [0.5, 0.6) is 0 Å². The molecule has 0 saturated carbocycles. The molecule has 0 saturated heterocycles. The number of amides is 2. The van der Waals surface area contributed by atoms with E-state index < -0.39 is 0 Å². The fourth-order valence-corrected chi connectivity index (χ4v) is 3.63. The van der Waals surface area contributed by atoms with Crippen LogP contribution in [-0.4, -0.2) is 28.2 Å². The minimum atomic E-state index is -0.207. The molecule has 1 aliphatic rings. The summed E-state index contributed by atoms with van der Waals surface area (Å²) in [6, 6.07) is 14.9. The standard InChI is InChI=1S/C17H12N2O2S/c20-16-11-5-1-2-6-12(11)17(21)19(16)10-9-15-18-13-7-3-4-8-14(13)22-15/h1-8H,9-10H2. The monoisotopic (exact) mass is 308 g/mol. The van der Waals surface area contributed by atoms with Gasteiger partial charge in [0.2, 0.25) is 0 Å². The number of rotatable bonds is 3.